The predicted molar refractivity (Wildman–Crippen MR) is 60.8 cm³/mol. The Hall–Kier alpha value is -1.35. The molecule has 4 heteroatoms. The van der Waals surface area contributed by atoms with E-state index in [1.165, 1.54) is 0 Å². The predicted octanol–water partition coefficient (Wildman–Crippen LogP) is 3.01. The van der Waals surface area contributed by atoms with Crippen molar-refractivity contribution in [3.05, 3.63) is 35.6 Å². The van der Waals surface area contributed by atoms with Gasteiger partial charge >= 0.3 is 0 Å². The van der Waals surface area contributed by atoms with Gasteiger partial charge in [-0.05, 0) is 24.6 Å². The van der Waals surface area contributed by atoms with Crippen LogP contribution in [0.5, 0.6) is 0 Å². The summed E-state index contributed by atoms with van der Waals surface area (Å²) in [5, 5.41) is 4.76. The molecule has 0 aliphatic carbocycles. The first-order valence-corrected chi connectivity index (χ1v) is 5.34. The minimum atomic E-state index is 0.511. The second-order valence-electron chi connectivity index (χ2n) is 3.29. The smallest absolute Gasteiger partial charge is 0.129 e. The fourth-order valence-electron chi connectivity index (χ4n) is 1.49. The van der Waals surface area contributed by atoms with E-state index in [1.54, 1.807) is 12.3 Å². The molecule has 0 aromatic carbocycles. The van der Waals surface area contributed by atoms with Crippen molar-refractivity contribution in [2.75, 3.05) is 0 Å². The van der Waals surface area contributed by atoms with E-state index in [-0.39, 0.29) is 0 Å². The molecule has 0 bridgehead atoms. The van der Waals surface area contributed by atoms with Gasteiger partial charge in [0.15, 0.2) is 0 Å². The second kappa shape index (κ2) is 4.45. The summed E-state index contributed by atoms with van der Waals surface area (Å²) in [5.74, 6) is 0. The van der Waals surface area contributed by atoms with Crippen LogP contribution in [0.1, 0.15) is 13.3 Å². The van der Waals surface area contributed by atoms with E-state index in [0.29, 0.717) is 5.15 Å². The van der Waals surface area contributed by atoms with E-state index >= 15 is 0 Å². The highest BCUT2D eigenvalue weighted by atomic mass is 35.5. The third kappa shape index (κ3) is 2.18. The van der Waals surface area contributed by atoms with E-state index in [9.17, 15) is 0 Å². The minimum Gasteiger partial charge on any atom is -0.263 e. The van der Waals surface area contributed by atoms with Crippen LogP contribution in [0, 0.1) is 0 Å². The van der Waals surface area contributed by atoms with Crippen LogP contribution in [-0.2, 0) is 6.54 Å². The van der Waals surface area contributed by atoms with Crippen LogP contribution < -0.4 is 0 Å². The first kappa shape index (κ1) is 10.2. The maximum atomic E-state index is 5.85. The summed E-state index contributed by atoms with van der Waals surface area (Å²) >= 11 is 5.85. The molecular formula is C11H12ClN3. The zero-order chi connectivity index (χ0) is 10.7. The topological polar surface area (TPSA) is 30.7 Å². The molecule has 0 aliphatic rings. The number of aromatic nitrogens is 3. The second-order valence-corrected chi connectivity index (χ2v) is 3.67. The molecule has 0 saturated heterocycles. The van der Waals surface area contributed by atoms with E-state index in [4.69, 9.17) is 11.6 Å². The zero-order valence-electron chi connectivity index (χ0n) is 8.52. The lowest BCUT2D eigenvalue weighted by Crippen LogP contribution is -2.01. The average Bonchev–Trinajstić information content (AvgIpc) is 2.66. The summed E-state index contributed by atoms with van der Waals surface area (Å²) in [4.78, 5) is 4.26. The molecule has 2 rings (SSSR count). The van der Waals surface area contributed by atoms with Crippen LogP contribution in [-0.4, -0.2) is 14.8 Å². The lowest BCUT2D eigenvalue weighted by Gasteiger charge is -2.05. The monoisotopic (exact) mass is 221 g/mol. The standard InChI is InChI=1S/C11H12ClN3/c1-2-8-15-10(6-7-13-15)9-4-3-5-11(12)14-9/h3-7H,2,8H2,1H3. The summed E-state index contributed by atoms with van der Waals surface area (Å²) < 4.78 is 1.94. The van der Waals surface area contributed by atoms with Gasteiger partial charge in [0.1, 0.15) is 5.15 Å². The summed E-state index contributed by atoms with van der Waals surface area (Å²) in [7, 11) is 0. The third-order valence-corrected chi connectivity index (χ3v) is 2.34. The maximum absolute atomic E-state index is 5.85. The summed E-state index contributed by atoms with van der Waals surface area (Å²) in [6, 6.07) is 7.56. The molecule has 0 spiro atoms. The van der Waals surface area contributed by atoms with Gasteiger partial charge in [-0.15, -0.1) is 0 Å². The number of hydrogen-bond donors (Lipinski definition) is 0. The quantitative estimate of drug-likeness (QED) is 0.746. The van der Waals surface area contributed by atoms with Crippen LogP contribution in [0.2, 0.25) is 5.15 Å². The molecule has 0 N–H and O–H groups in total. The van der Waals surface area contributed by atoms with Crippen LogP contribution in [0.3, 0.4) is 0 Å². The molecule has 2 heterocycles. The zero-order valence-corrected chi connectivity index (χ0v) is 9.28. The molecule has 0 radical (unpaired) electrons. The Morgan fingerprint density at radius 1 is 1.33 bits per heavy atom. The average molecular weight is 222 g/mol. The van der Waals surface area contributed by atoms with Crippen molar-refractivity contribution >= 4 is 11.6 Å². The van der Waals surface area contributed by atoms with Gasteiger partial charge in [0.25, 0.3) is 0 Å². The molecule has 3 nitrogen and oxygen atoms in total. The van der Waals surface area contributed by atoms with Crippen LogP contribution in [0.25, 0.3) is 11.4 Å². The SMILES string of the molecule is CCCn1nccc1-c1cccc(Cl)n1. The molecule has 0 atom stereocenters. The molecule has 0 saturated carbocycles. The van der Waals surface area contributed by atoms with Crippen LogP contribution >= 0.6 is 11.6 Å². The normalized spacial score (nSPS) is 10.5. The van der Waals surface area contributed by atoms with E-state index < -0.39 is 0 Å². The molecule has 15 heavy (non-hydrogen) atoms. The lowest BCUT2D eigenvalue weighted by atomic mass is 10.2. The Morgan fingerprint density at radius 2 is 2.20 bits per heavy atom. The van der Waals surface area contributed by atoms with Crippen molar-refractivity contribution in [2.45, 2.75) is 19.9 Å². The van der Waals surface area contributed by atoms with Crippen molar-refractivity contribution in [3.63, 3.8) is 0 Å². The molecule has 2 aromatic heterocycles. The van der Waals surface area contributed by atoms with Gasteiger partial charge in [0.05, 0.1) is 11.4 Å². The third-order valence-electron chi connectivity index (χ3n) is 2.13. The van der Waals surface area contributed by atoms with E-state index in [2.05, 4.69) is 17.0 Å². The van der Waals surface area contributed by atoms with Gasteiger partial charge in [0.2, 0.25) is 0 Å². The fraction of sp³-hybridized carbons (Fsp3) is 0.273. The largest absolute Gasteiger partial charge is 0.263 e. The fourth-order valence-corrected chi connectivity index (χ4v) is 1.65. The van der Waals surface area contributed by atoms with Crippen LogP contribution in [0.15, 0.2) is 30.5 Å². The van der Waals surface area contributed by atoms with E-state index in [1.807, 2.05) is 22.9 Å². The maximum Gasteiger partial charge on any atom is 0.129 e. The Balaban J connectivity index is 2.40. The van der Waals surface area contributed by atoms with Crippen molar-refractivity contribution in [3.8, 4) is 11.4 Å². The highest BCUT2D eigenvalue weighted by molar-refractivity contribution is 6.29. The van der Waals surface area contributed by atoms with Gasteiger partial charge < -0.3 is 0 Å². The Kier molecular flexibility index (Phi) is 3.02. The molecule has 0 amide bonds. The minimum absolute atomic E-state index is 0.511. The van der Waals surface area contributed by atoms with Gasteiger partial charge in [-0.2, -0.15) is 5.10 Å². The van der Waals surface area contributed by atoms with Crippen molar-refractivity contribution in [1.29, 1.82) is 0 Å². The highest BCUT2D eigenvalue weighted by Gasteiger charge is 2.05. The van der Waals surface area contributed by atoms with Gasteiger partial charge in [-0.1, -0.05) is 24.6 Å². The first-order chi connectivity index (χ1) is 7.31. The molecule has 0 aliphatic heterocycles. The summed E-state index contributed by atoms with van der Waals surface area (Å²) in [5.41, 5.74) is 1.88. The van der Waals surface area contributed by atoms with Crippen molar-refractivity contribution < 1.29 is 0 Å². The molecule has 78 valence electrons. The Labute approximate surface area is 93.7 Å². The number of nitrogens with zero attached hydrogens (tertiary/aromatic N) is 3. The van der Waals surface area contributed by atoms with Gasteiger partial charge in [0, 0.05) is 12.7 Å². The van der Waals surface area contributed by atoms with E-state index in [0.717, 1.165) is 24.4 Å². The first-order valence-electron chi connectivity index (χ1n) is 4.96. The number of rotatable bonds is 3. The Bertz CT molecular complexity index is 451. The molecule has 2 aromatic rings. The van der Waals surface area contributed by atoms with Crippen molar-refractivity contribution in [1.82, 2.24) is 14.8 Å². The molecule has 0 unspecified atom stereocenters. The number of aryl methyl sites for hydroxylation is 1. The lowest BCUT2D eigenvalue weighted by molar-refractivity contribution is 0.608. The number of hydrogen-bond acceptors (Lipinski definition) is 2. The number of pyridine rings is 1. The molecular weight excluding hydrogens is 210 g/mol. The Morgan fingerprint density at radius 3 is 2.93 bits per heavy atom. The number of halogens is 1. The molecule has 0 fully saturated rings. The van der Waals surface area contributed by atoms with Gasteiger partial charge in [-0.3, -0.25) is 4.68 Å². The highest BCUT2D eigenvalue weighted by Crippen LogP contribution is 2.18. The van der Waals surface area contributed by atoms with Crippen LogP contribution in [0.4, 0.5) is 0 Å². The van der Waals surface area contributed by atoms with Gasteiger partial charge in [-0.25, -0.2) is 4.98 Å². The summed E-state index contributed by atoms with van der Waals surface area (Å²) in [6.45, 7) is 3.02. The van der Waals surface area contributed by atoms with Crippen molar-refractivity contribution in [2.24, 2.45) is 0 Å². The summed E-state index contributed by atoms with van der Waals surface area (Å²) in [6.07, 6.45) is 2.84.